The molecule has 0 saturated carbocycles. The van der Waals surface area contributed by atoms with Crippen molar-refractivity contribution in [3.8, 4) is 22.6 Å². The Kier molecular flexibility index (Phi) is 8.01. The van der Waals surface area contributed by atoms with Crippen LogP contribution in [0, 0.1) is 0 Å². The Balaban J connectivity index is 1.57. The molecule has 0 aliphatic heterocycles. The van der Waals surface area contributed by atoms with Crippen molar-refractivity contribution < 1.29 is 5.11 Å². The van der Waals surface area contributed by atoms with Gasteiger partial charge in [-0.3, -0.25) is 14.5 Å². The first kappa shape index (κ1) is 28.3. The molecule has 1 N–H and O–H groups in total. The summed E-state index contributed by atoms with van der Waals surface area (Å²) in [5.74, 6) is 0.784. The predicted molar refractivity (Wildman–Crippen MR) is 176 cm³/mol. The Morgan fingerprint density at radius 2 is 1.70 bits per heavy atom. The summed E-state index contributed by atoms with van der Waals surface area (Å²) in [5.41, 5.74) is 6.17. The minimum atomic E-state index is -1.48. The first-order chi connectivity index (χ1) is 21.0. The minimum absolute atomic E-state index is 0.602. The van der Waals surface area contributed by atoms with Crippen LogP contribution in [0.5, 0.6) is 0 Å². The fourth-order valence-corrected chi connectivity index (χ4v) is 5.70. The van der Waals surface area contributed by atoms with Gasteiger partial charge in [0, 0.05) is 46.9 Å². The van der Waals surface area contributed by atoms with E-state index < -0.39 is 5.60 Å². The van der Waals surface area contributed by atoms with Crippen molar-refractivity contribution in [1.82, 2.24) is 19.5 Å². The van der Waals surface area contributed by atoms with Crippen molar-refractivity contribution in [2.24, 2.45) is 0 Å². The van der Waals surface area contributed by atoms with E-state index in [-0.39, 0.29) is 0 Å². The number of aliphatic hydroxyl groups is 1. The number of allylic oxidation sites excluding steroid dienone is 4. The molecule has 0 radical (unpaired) electrons. The maximum atomic E-state index is 12.6. The average Bonchev–Trinajstić information content (AvgIpc) is 3.45. The van der Waals surface area contributed by atoms with Crippen LogP contribution >= 0.6 is 11.6 Å². The van der Waals surface area contributed by atoms with Crippen molar-refractivity contribution in [3.05, 3.63) is 156 Å². The highest BCUT2D eigenvalue weighted by atomic mass is 35.5. The Labute approximate surface area is 256 Å². The molecule has 212 valence electrons. The summed E-state index contributed by atoms with van der Waals surface area (Å²) >= 11 is 6.24. The molecule has 0 saturated heterocycles. The van der Waals surface area contributed by atoms with Gasteiger partial charge in [0.15, 0.2) is 5.82 Å². The van der Waals surface area contributed by atoms with Crippen LogP contribution in [0.3, 0.4) is 0 Å². The number of hydrogen-bond donors (Lipinski definition) is 1. The van der Waals surface area contributed by atoms with Crippen LogP contribution < -0.4 is 0 Å². The molecule has 1 unspecified atom stereocenters. The molecule has 6 heteroatoms. The molecular formula is C37H31ClN4O. The molecule has 5 nitrogen and oxygen atoms in total. The summed E-state index contributed by atoms with van der Waals surface area (Å²) in [4.78, 5) is 14.1. The van der Waals surface area contributed by atoms with E-state index in [0.29, 0.717) is 16.1 Å². The number of halogens is 1. The smallest absolute Gasteiger partial charge is 0.164 e. The molecule has 0 fully saturated rings. The molecule has 0 aliphatic rings. The number of rotatable bonds is 8. The van der Waals surface area contributed by atoms with Gasteiger partial charge in [-0.05, 0) is 73.0 Å². The Bertz CT molecular complexity index is 1930. The number of aromatic nitrogens is 4. The maximum Gasteiger partial charge on any atom is 0.164 e. The number of pyridine rings is 2. The molecule has 6 rings (SSSR count). The van der Waals surface area contributed by atoms with Gasteiger partial charge in [-0.15, -0.1) is 0 Å². The summed E-state index contributed by atoms with van der Waals surface area (Å²) < 4.78 is 2.19. The van der Waals surface area contributed by atoms with Gasteiger partial charge in [0.2, 0.25) is 0 Å². The van der Waals surface area contributed by atoms with Crippen molar-refractivity contribution in [2.75, 3.05) is 0 Å². The van der Waals surface area contributed by atoms with Crippen molar-refractivity contribution in [1.29, 1.82) is 0 Å². The van der Waals surface area contributed by atoms with E-state index in [1.54, 1.807) is 30.7 Å². The zero-order chi connectivity index (χ0) is 29.8. The van der Waals surface area contributed by atoms with Gasteiger partial charge < -0.3 is 5.11 Å². The van der Waals surface area contributed by atoms with E-state index in [9.17, 15) is 5.11 Å². The highest BCUT2D eigenvalue weighted by Gasteiger charge is 2.36. The Morgan fingerprint density at radius 3 is 2.42 bits per heavy atom. The Hall–Kier alpha value is -4.84. The number of imidazole rings is 1. The van der Waals surface area contributed by atoms with Gasteiger partial charge in [-0.25, -0.2) is 4.98 Å². The largest absolute Gasteiger partial charge is 0.376 e. The SMILES string of the molecule is C/C=C\C/C(=C\C)n1c(-c2ccccn2)nc2cc(-c3ccccc3C(O)(c3ccc(Cl)cc3)c3cccnc3)ccc21. The third-order valence-corrected chi connectivity index (χ3v) is 7.95. The van der Waals surface area contributed by atoms with Crippen LogP contribution in [0.4, 0.5) is 0 Å². The molecule has 6 aromatic rings. The van der Waals surface area contributed by atoms with Crippen LogP contribution in [0.1, 0.15) is 37.0 Å². The summed E-state index contributed by atoms with van der Waals surface area (Å²) in [5, 5.41) is 13.2. The molecular weight excluding hydrogens is 552 g/mol. The zero-order valence-corrected chi connectivity index (χ0v) is 24.8. The molecule has 3 aromatic heterocycles. The summed E-state index contributed by atoms with van der Waals surface area (Å²) in [6.45, 7) is 4.08. The van der Waals surface area contributed by atoms with Crippen LogP contribution in [-0.4, -0.2) is 24.6 Å². The quantitative estimate of drug-likeness (QED) is 0.182. The van der Waals surface area contributed by atoms with Crippen LogP contribution in [0.2, 0.25) is 5.02 Å². The van der Waals surface area contributed by atoms with Gasteiger partial charge in [0.05, 0.1) is 11.0 Å². The van der Waals surface area contributed by atoms with Gasteiger partial charge in [-0.1, -0.05) is 84.4 Å². The average molecular weight is 583 g/mol. The molecule has 0 bridgehead atoms. The number of fused-ring (bicyclic) bond motifs is 1. The molecule has 3 heterocycles. The third kappa shape index (κ3) is 5.29. The lowest BCUT2D eigenvalue weighted by Crippen LogP contribution is -2.29. The molecule has 3 aromatic carbocycles. The van der Waals surface area contributed by atoms with Crippen LogP contribution in [0.15, 0.2) is 134 Å². The van der Waals surface area contributed by atoms with E-state index in [1.165, 1.54) is 0 Å². The number of hydrogen-bond acceptors (Lipinski definition) is 4. The summed E-state index contributed by atoms with van der Waals surface area (Å²) in [6, 6.07) is 31.1. The van der Waals surface area contributed by atoms with Gasteiger partial charge in [0.1, 0.15) is 11.3 Å². The second-order valence-electron chi connectivity index (χ2n) is 10.2. The lowest BCUT2D eigenvalue weighted by molar-refractivity contribution is 0.126. The van der Waals surface area contributed by atoms with Crippen LogP contribution in [0.25, 0.3) is 39.4 Å². The van der Waals surface area contributed by atoms with E-state index in [4.69, 9.17) is 16.6 Å². The highest BCUT2D eigenvalue weighted by molar-refractivity contribution is 6.30. The third-order valence-electron chi connectivity index (χ3n) is 7.70. The van der Waals surface area contributed by atoms with E-state index in [1.807, 2.05) is 80.6 Å². The first-order valence-electron chi connectivity index (χ1n) is 14.2. The molecule has 43 heavy (non-hydrogen) atoms. The number of benzene rings is 3. The molecule has 0 amide bonds. The van der Waals surface area contributed by atoms with Crippen molar-refractivity contribution in [3.63, 3.8) is 0 Å². The highest BCUT2D eigenvalue weighted by Crippen LogP contribution is 2.42. The first-order valence-corrected chi connectivity index (χ1v) is 14.6. The van der Waals surface area contributed by atoms with Crippen LogP contribution in [-0.2, 0) is 5.60 Å². The molecule has 1 atom stereocenters. The normalized spacial score (nSPS) is 13.4. The monoisotopic (exact) mass is 582 g/mol. The topological polar surface area (TPSA) is 63.8 Å². The number of nitrogens with zero attached hydrogens (tertiary/aromatic N) is 4. The lowest BCUT2D eigenvalue weighted by atomic mass is 9.78. The van der Waals surface area contributed by atoms with Crippen molar-refractivity contribution in [2.45, 2.75) is 25.9 Å². The standard InChI is InChI=1S/C37H31ClN4O/c1-3-5-12-30(4-2)42-35-21-16-26(24-34(35)41-36(42)33-15-8-9-23-40-33)31-13-6-7-14-32(31)37(43,28-11-10-22-39-25-28)27-17-19-29(38)20-18-27/h3-11,13-25,43H,12H2,1-2H3/b5-3-,30-4+. The van der Waals surface area contributed by atoms with Crippen molar-refractivity contribution >= 4 is 28.3 Å². The van der Waals surface area contributed by atoms with Gasteiger partial charge in [0.25, 0.3) is 0 Å². The lowest BCUT2D eigenvalue weighted by Gasteiger charge is -2.32. The second-order valence-corrected chi connectivity index (χ2v) is 10.7. The fraction of sp³-hybridized carbons (Fsp3) is 0.108. The summed E-state index contributed by atoms with van der Waals surface area (Å²) in [7, 11) is 0. The van der Waals surface area contributed by atoms with E-state index >= 15 is 0 Å². The van der Waals surface area contributed by atoms with E-state index in [2.05, 4.69) is 51.0 Å². The van der Waals surface area contributed by atoms with E-state index in [0.717, 1.165) is 51.4 Å². The zero-order valence-electron chi connectivity index (χ0n) is 24.0. The van der Waals surface area contributed by atoms with Gasteiger partial charge in [-0.2, -0.15) is 0 Å². The minimum Gasteiger partial charge on any atom is -0.376 e. The second kappa shape index (κ2) is 12.2. The molecule has 0 aliphatic carbocycles. The summed E-state index contributed by atoms with van der Waals surface area (Å²) in [6.07, 6.45) is 12.3. The van der Waals surface area contributed by atoms with Gasteiger partial charge >= 0.3 is 0 Å². The maximum absolute atomic E-state index is 12.6. The molecule has 0 spiro atoms. The Morgan fingerprint density at radius 1 is 0.884 bits per heavy atom. The predicted octanol–water partition coefficient (Wildman–Crippen LogP) is 8.92. The fourth-order valence-electron chi connectivity index (χ4n) is 5.58.